The van der Waals surface area contributed by atoms with Gasteiger partial charge in [-0.05, 0) is 53.1 Å². The number of aryl methyl sites for hydroxylation is 2. The highest BCUT2D eigenvalue weighted by Crippen LogP contribution is 2.43. The van der Waals surface area contributed by atoms with Crippen LogP contribution in [0.25, 0.3) is 10.8 Å². The zero-order chi connectivity index (χ0) is 21.9. The SMILES string of the molecule is O=C(O)CC/C=C\CC1COC(c2ccc3c4c(cccc24)CC3)OC1c1ccccc1. The number of hydrogen-bond acceptors (Lipinski definition) is 3. The molecule has 0 aromatic heterocycles. The maximum atomic E-state index is 10.7. The maximum absolute atomic E-state index is 10.7. The monoisotopic (exact) mass is 428 g/mol. The molecule has 1 fully saturated rings. The van der Waals surface area contributed by atoms with E-state index in [1.807, 2.05) is 24.3 Å². The maximum Gasteiger partial charge on any atom is 0.303 e. The molecule has 1 aliphatic heterocycles. The molecule has 5 rings (SSSR count). The molecule has 0 spiro atoms. The molecule has 0 bridgehead atoms. The summed E-state index contributed by atoms with van der Waals surface area (Å²) in [5.74, 6) is -0.596. The minimum absolute atomic E-state index is 0.0814. The Hall–Kier alpha value is -2.95. The van der Waals surface area contributed by atoms with E-state index in [0.29, 0.717) is 13.0 Å². The van der Waals surface area contributed by atoms with Crippen molar-refractivity contribution in [2.24, 2.45) is 5.92 Å². The van der Waals surface area contributed by atoms with Gasteiger partial charge in [0.15, 0.2) is 6.29 Å². The van der Waals surface area contributed by atoms with Crippen LogP contribution in [0.5, 0.6) is 0 Å². The molecule has 3 aromatic carbocycles. The molecule has 2 aliphatic rings. The lowest BCUT2D eigenvalue weighted by Gasteiger charge is -2.37. The highest BCUT2D eigenvalue weighted by atomic mass is 16.7. The number of allylic oxidation sites excluding steroid dienone is 2. The second-order valence-electron chi connectivity index (χ2n) is 8.69. The lowest BCUT2D eigenvalue weighted by Crippen LogP contribution is -2.30. The predicted molar refractivity (Wildman–Crippen MR) is 124 cm³/mol. The van der Waals surface area contributed by atoms with E-state index in [9.17, 15) is 4.79 Å². The van der Waals surface area contributed by atoms with Crippen LogP contribution >= 0.6 is 0 Å². The summed E-state index contributed by atoms with van der Waals surface area (Å²) >= 11 is 0. The minimum atomic E-state index is -0.769. The summed E-state index contributed by atoms with van der Waals surface area (Å²) in [6.07, 6.45) is 7.22. The van der Waals surface area contributed by atoms with Gasteiger partial charge in [0.2, 0.25) is 0 Å². The molecule has 32 heavy (non-hydrogen) atoms. The fraction of sp³-hybridized carbons (Fsp3) is 0.321. The summed E-state index contributed by atoms with van der Waals surface area (Å²) in [5.41, 5.74) is 5.08. The number of aliphatic carboxylic acids is 1. The van der Waals surface area contributed by atoms with Crippen LogP contribution in [0.4, 0.5) is 0 Å². The molecule has 1 N–H and O–H groups in total. The van der Waals surface area contributed by atoms with Gasteiger partial charge in [0.05, 0.1) is 12.7 Å². The van der Waals surface area contributed by atoms with Gasteiger partial charge in [-0.15, -0.1) is 0 Å². The first-order chi connectivity index (χ1) is 15.7. The number of hydrogen-bond donors (Lipinski definition) is 1. The second-order valence-corrected chi connectivity index (χ2v) is 8.69. The van der Waals surface area contributed by atoms with Crippen molar-refractivity contribution in [2.45, 2.75) is 44.5 Å². The normalized spacial score (nSPS) is 22.6. The van der Waals surface area contributed by atoms with Gasteiger partial charge in [-0.2, -0.15) is 0 Å². The van der Waals surface area contributed by atoms with Gasteiger partial charge >= 0.3 is 5.97 Å². The quantitative estimate of drug-likeness (QED) is 0.459. The van der Waals surface area contributed by atoms with Crippen molar-refractivity contribution in [1.29, 1.82) is 0 Å². The first-order valence-corrected chi connectivity index (χ1v) is 11.4. The molecule has 3 atom stereocenters. The zero-order valence-corrected chi connectivity index (χ0v) is 18.1. The van der Waals surface area contributed by atoms with Gasteiger partial charge in [0, 0.05) is 17.9 Å². The lowest BCUT2D eigenvalue weighted by molar-refractivity contribution is -0.243. The summed E-state index contributed by atoms with van der Waals surface area (Å²) < 4.78 is 12.9. The van der Waals surface area contributed by atoms with Crippen molar-refractivity contribution in [3.8, 4) is 0 Å². The molecule has 0 saturated carbocycles. The van der Waals surface area contributed by atoms with Crippen LogP contribution in [0.15, 0.2) is 72.8 Å². The number of carbonyl (C=O) groups is 1. The summed E-state index contributed by atoms with van der Waals surface area (Å²) in [7, 11) is 0. The number of carboxylic acids is 1. The lowest BCUT2D eigenvalue weighted by atomic mass is 9.91. The first kappa shape index (κ1) is 20.9. The minimum Gasteiger partial charge on any atom is -0.481 e. The Bertz CT molecular complexity index is 1120. The van der Waals surface area contributed by atoms with Crippen LogP contribution in [0.2, 0.25) is 0 Å². The highest BCUT2D eigenvalue weighted by Gasteiger charge is 2.34. The van der Waals surface area contributed by atoms with Crippen molar-refractivity contribution >= 4 is 16.7 Å². The van der Waals surface area contributed by atoms with Crippen molar-refractivity contribution < 1.29 is 19.4 Å². The molecule has 1 heterocycles. The third-order valence-corrected chi connectivity index (χ3v) is 6.58. The summed E-state index contributed by atoms with van der Waals surface area (Å²) in [6, 6.07) is 21.3. The molecule has 164 valence electrons. The van der Waals surface area contributed by atoms with Gasteiger partial charge in [-0.3, -0.25) is 4.79 Å². The third-order valence-electron chi connectivity index (χ3n) is 6.58. The van der Waals surface area contributed by atoms with E-state index in [-0.39, 0.29) is 18.4 Å². The predicted octanol–water partition coefficient (Wildman–Crippen LogP) is 6.15. The summed E-state index contributed by atoms with van der Waals surface area (Å²) in [6.45, 7) is 0.594. The molecule has 3 unspecified atom stereocenters. The van der Waals surface area contributed by atoms with Gasteiger partial charge in [0.25, 0.3) is 0 Å². The molecular formula is C28H28O4. The molecule has 3 aromatic rings. The van der Waals surface area contributed by atoms with Crippen molar-refractivity contribution in [1.82, 2.24) is 0 Å². The Morgan fingerprint density at radius 3 is 2.59 bits per heavy atom. The van der Waals surface area contributed by atoms with Crippen LogP contribution in [-0.4, -0.2) is 17.7 Å². The third kappa shape index (κ3) is 4.21. The number of carboxylic acid groups (broad SMARTS) is 1. The Labute approximate surface area is 188 Å². The second kappa shape index (κ2) is 9.27. The molecule has 4 heteroatoms. The van der Waals surface area contributed by atoms with Crippen molar-refractivity contribution in [2.75, 3.05) is 6.61 Å². The van der Waals surface area contributed by atoms with E-state index >= 15 is 0 Å². The molecule has 1 aliphatic carbocycles. The Morgan fingerprint density at radius 1 is 0.969 bits per heavy atom. The van der Waals surface area contributed by atoms with Crippen molar-refractivity contribution in [3.05, 3.63) is 95.1 Å². The highest BCUT2D eigenvalue weighted by molar-refractivity contribution is 5.93. The van der Waals surface area contributed by atoms with E-state index < -0.39 is 12.3 Å². The van der Waals surface area contributed by atoms with Crippen LogP contribution < -0.4 is 0 Å². The van der Waals surface area contributed by atoms with E-state index in [0.717, 1.165) is 30.4 Å². The van der Waals surface area contributed by atoms with Crippen LogP contribution in [0.1, 0.15) is 53.9 Å². The Balaban J connectivity index is 1.40. The fourth-order valence-electron chi connectivity index (χ4n) is 5.00. The average molecular weight is 429 g/mol. The van der Waals surface area contributed by atoms with Gasteiger partial charge in [-0.25, -0.2) is 0 Å². The number of ether oxygens (including phenoxy) is 2. The summed E-state index contributed by atoms with van der Waals surface area (Å²) in [4.78, 5) is 10.7. The largest absolute Gasteiger partial charge is 0.481 e. The zero-order valence-electron chi connectivity index (χ0n) is 18.1. The number of rotatable bonds is 7. The average Bonchev–Trinajstić information content (AvgIpc) is 3.25. The fourth-order valence-corrected chi connectivity index (χ4v) is 5.00. The summed E-state index contributed by atoms with van der Waals surface area (Å²) in [5, 5.41) is 11.4. The van der Waals surface area contributed by atoms with Crippen LogP contribution in [-0.2, 0) is 27.1 Å². The molecule has 0 radical (unpaired) electrons. The van der Waals surface area contributed by atoms with Crippen LogP contribution in [0.3, 0.4) is 0 Å². The van der Waals surface area contributed by atoms with Crippen molar-refractivity contribution in [3.63, 3.8) is 0 Å². The standard InChI is InChI=1S/C28H28O4/c29-25(30)13-6-2-5-10-22-18-31-28(32-27(22)21-8-3-1-4-9-21)24-17-16-20-15-14-19-11-7-12-23(24)26(19)20/h1-5,7-9,11-12,16-17,22,27-28H,6,10,13-15,18H2,(H,29,30)/b5-2-. The van der Waals surface area contributed by atoms with E-state index in [4.69, 9.17) is 14.6 Å². The molecule has 1 saturated heterocycles. The van der Waals surface area contributed by atoms with Crippen LogP contribution in [0, 0.1) is 5.92 Å². The van der Waals surface area contributed by atoms with E-state index in [2.05, 4.69) is 48.5 Å². The van der Waals surface area contributed by atoms with E-state index in [1.165, 1.54) is 21.9 Å². The molecule has 4 nitrogen and oxygen atoms in total. The Morgan fingerprint density at radius 2 is 1.78 bits per heavy atom. The topological polar surface area (TPSA) is 55.8 Å². The first-order valence-electron chi connectivity index (χ1n) is 11.4. The van der Waals surface area contributed by atoms with Gasteiger partial charge in [0.1, 0.15) is 0 Å². The van der Waals surface area contributed by atoms with E-state index in [1.54, 1.807) is 0 Å². The molecule has 0 amide bonds. The molecular weight excluding hydrogens is 400 g/mol. The Kier molecular flexibility index (Phi) is 6.06. The number of benzene rings is 3. The van der Waals surface area contributed by atoms with Gasteiger partial charge < -0.3 is 14.6 Å². The smallest absolute Gasteiger partial charge is 0.303 e. The van der Waals surface area contributed by atoms with Gasteiger partial charge in [-0.1, -0.05) is 72.8 Å².